The Morgan fingerprint density at radius 2 is 1.89 bits per heavy atom. The van der Waals surface area contributed by atoms with Crippen molar-refractivity contribution in [2.45, 2.75) is 11.3 Å². The van der Waals surface area contributed by atoms with Crippen LogP contribution in [0, 0.1) is 0 Å². The number of benzene rings is 2. The molecule has 0 bridgehead atoms. The van der Waals surface area contributed by atoms with Gasteiger partial charge in [0.1, 0.15) is 0 Å². The quantitative estimate of drug-likeness (QED) is 0.485. The first-order valence-electron chi connectivity index (χ1n) is 8.69. The van der Waals surface area contributed by atoms with Crippen LogP contribution in [0.25, 0.3) is 0 Å². The zero-order chi connectivity index (χ0) is 19.7. The SMILES string of the molecule is C=CCNS(=O)(=O)c1cccc(C(=O)NCCCN(C)c2ccccc2)c1. The first kappa shape index (κ1) is 20.7. The molecule has 0 unspecified atom stereocenters. The minimum atomic E-state index is -3.65. The molecule has 6 nitrogen and oxygen atoms in total. The molecule has 0 spiro atoms. The minimum absolute atomic E-state index is 0.0563. The van der Waals surface area contributed by atoms with Gasteiger partial charge < -0.3 is 10.2 Å². The average Bonchev–Trinajstić information content (AvgIpc) is 2.70. The van der Waals surface area contributed by atoms with E-state index in [1.807, 2.05) is 37.4 Å². The summed E-state index contributed by atoms with van der Waals surface area (Å²) in [4.78, 5) is 14.5. The summed E-state index contributed by atoms with van der Waals surface area (Å²) in [5, 5.41) is 2.83. The monoisotopic (exact) mass is 387 g/mol. The number of amides is 1. The van der Waals surface area contributed by atoms with E-state index in [0.717, 1.165) is 18.7 Å². The molecule has 0 atom stereocenters. The molecule has 7 heteroatoms. The Bertz CT molecular complexity index is 867. The second-order valence-corrected chi connectivity index (χ2v) is 7.80. The van der Waals surface area contributed by atoms with E-state index in [4.69, 9.17) is 0 Å². The Morgan fingerprint density at radius 1 is 1.15 bits per heavy atom. The number of carbonyl (C=O) groups excluding carboxylic acids is 1. The van der Waals surface area contributed by atoms with E-state index in [-0.39, 0.29) is 17.3 Å². The highest BCUT2D eigenvalue weighted by molar-refractivity contribution is 7.89. The fourth-order valence-electron chi connectivity index (χ4n) is 2.49. The van der Waals surface area contributed by atoms with Gasteiger partial charge in [0.25, 0.3) is 5.91 Å². The molecule has 0 aromatic heterocycles. The van der Waals surface area contributed by atoms with E-state index in [1.165, 1.54) is 18.2 Å². The Hall–Kier alpha value is -2.64. The summed E-state index contributed by atoms with van der Waals surface area (Å²) in [6, 6.07) is 16.0. The number of nitrogens with zero attached hydrogens (tertiary/aromatic N) is 1. The van der Waals surface area contributed by atoms with E-state index >= 15 is 0 Å². The highest BCUT2D eigenvalue weighted by atomic mass is 32.2. The Balaban J connectivity index is 1.87. The molecule has 2 N–H and O–H groups in total. The topological polar surface area (TPSA) is 78.5 Å². The fourth-order valence-corrected chi connectivity index (χ4v) is 3.53. The molecule has 1 amide bonds. The van der Waals surface area contributed by atoms with Crippen molar-refractivity contribution in [3.63, 3.8) is 0 Å². The zero-order valence-corrected chi connectivity index (χ0v) is 16.2. The van der Waals surface area contributed by atoms with Crippen molar-refractivity contribution < 1.29 is 13.2 Å². The average molecular weight is 388 g/mol. The summed E-state index contributed by atoms with van der Waals surface area (Å²) in [5.41, 5.74) is 1.43. The summed E-state index contributed by atoms with van der Waals surface area (Å²) in [6.45, 7) is 4.91. The van der Waals surface area contributed by atoms with Crippen LogP contribution in [0.5, 0.6) is 0 Å². The number of hydrogen-bond donors (Lipinski definition) is 2. The zero-order valence-electron chi connectivity index (χ0n) is 15.4. The summed E-state index contributed by atoms with van der Waals surface area (Å²) >= 11 is 0. The third-order valence-corrected chi connectivity index (χ3v) is 5.40. The fraction of sp³-hybridized carbons (Fsp3) is 0.250. The number of nitrogens with one attached hydrogen (secondary N) is 2. The smallest absolute Gasteiger partial charge is 0.251 e. The third-order valence-electron chi connectivity index (χ3n) is 3.98. The number of rotatable bonds is 10. The highest BCUT2D eigenvalue weighted by Crippen LogP contribution is 2.12. The molecule has 2 aromatic rings. The first-order valence-corrected chi connectivity index (χ1v) is 10.2. The molecule has 0 radical (unpaired) electrons. The molecule has 0 saturated heterocycles. The lowest BCUT2D eigenvalue weighted by atomic mass is 10.2. The van der Waals surface area contributed by atoms with Crippen LogP contribution in [0.4, 0.5) is 5.69 Å². The van der Waals surface area contributed by atoms with Crippen molar-refractivity contribution in [1.82, 2.24) is 10.0 Å². The molecule has 0 heterocycles. The minimum Gasteiger partial charge on any atom is -0.375 e. The second kappa shape index (κ2) is 9.89. The van der Waals surface area contributed by atoms with Crippen molar-refractivity contribution >= 4 is 21.6 Å². The molecule has 144 valence electrons. The predicted molar refractivity (Wildman–Crippen MR) is 108 cm³/mol. The first-order chi connectivity index (χ1) is 12.9. The summed E-state index contributed by atoms with van der Waals surface area (Å²) in [7, 11) is -1.65. The highest BCUT2D eigenvalue weighted by Gasteiger charge is 2.15. The number of para-hydroxylation sites is 1. The van der Waals surface area contributed by atoms with Gasteiger partial charge in [0.05, 0.1) is 4.90 Å². The molecule has 0 fully saturated rings. The molecular formula is C20H25N3O3S. The van der Waals surface area contributed by atoms with Crippen LogP contribution in [0.15, 0.2) is 72.1 Å². The second-order valence-electron chi connectivity index (χ2n) is 6.03. The van der Waals surface area contributed by atoms with Gasteiger partial charge in [-0.1, -0.05) is 30.3 Å². The van der Waals surface area contributed by atoms with Crippen molar-refractivity contribution in [2.75, 3.05) is 31.6 Å². The Labute approximate surface area is 161 Å². The summed E-state index contributed by atoms with van der Waals surface area (Å²) in [5.74, 6) is -0.293. The van der Waals surface area contributed by atoms with Gasteiger partial charge >= 0.3 is 0 Å². The normalized spacial score (nSPS) is 11.0. The number of hydrogen-bond acceptors (Lipinski definition) is 4. The standard InChI is InChI=1S/C20H25N3O3S/c1-3-13-22-27(25,26)19-12-7-9-17(16-19)20(24)21-14-8-15-23(2)18-10-5-4-6-11-18/h3-7,9-12,16,22H,1,8,13-15H2,2H3,(H,21,24). The predicted octanol–water partition coefficient (Wildman–Crippen LogP) is 2.41. The number of anilines is 1. The molecule has 27 heavy (non-hydrogen) atoms. The number of sulfonamides is 1. The van der Waals surface area contributed by atoms with Gasteiger partial charge in [-0.2, -0.15) is 0 Å². The summed E-state index contributed by atoms with van der Waals surface area (Å²) < 4.78 is 26.7. The van der Waals surface area contributed by atoms with Crippen LogP contribution in [0.1, 0.15) is 16.8 Å². The lowest BCUT2D eigenvalue weighted by Crippen LogP contribution is -2.28. The van der Waals surface area contributed by atoms with Gasteiger partial charge in [-0.3, -0.25) is 4.79 Å². The van der Waals surface area contributed by atoms with Crippen LogP contribution in [-0.4, -0.2) is 41.0 Å². The van der Waals surface area contributed by atoms with E-state index in [9.17, 15) is 13.2 Å². The van der Waals surface area contributed by atoms with Gasteiger partial charge in [0.2, 0.25) is 10.0 Å². The van der Waals surface area contributed by atoms with E-state index < -0.39 is 10.0 Å². The van der Waals surface area contributed by atoms with E-state index in [2.05, 4.69) is 21.5 Å². The Morgan fingerprint density at radius 3 is 2.59 bits per heavy atom. The van der Waals surface area contributed by atoms with Crippen LogP contribution < -0.4 is 14.9 Å². The molecule has 2 rings (SSSR count). The van der Waals surface area contributed by atoms with Crippen molar-refractivity contribution in [3.8, 4) is 0 Å². The maximum atomic E-state index is 12.3. The van der Waals surface area contributed by atoms with Crippen LogP contribution in [0.2, 0.25) is 0 Å². The van der Waals surface area contributed by atoms with E-state index in [0.29, 0.717) is 12.1 Å². The molecule has 0 aliphatic carbocycles. The molecule has 0 aliphatic rings. The molecule has 0 saturated carbocycles. The lowest BCUT2D eigenvalue weighted by Gasteiger charge is -2.19. The van der Waals surface area contributed by atoms with Crippen LogP contribution >= 0.6 is 0 Å². The maximum Gasteiger partial charge on any atom is 0.251 e. The van der Waals surface area contributed by atoms with Gasteiger partial charge in [-0.05, 0) is 36.8 Å². The van der Waals surface area contributed by atoms with Crippen LogP contribution in [0.3, 0.4) is 0 Å². The van der Waals surface area contributed by atoms with Crippen molar-refractivity contribution in [3.05, 3.63) is 72.8 Å². The maximum absolute atomic E-state index is 12.3. The summed E-state index contributed by atoms with van der Waals surface area (Å²) in [6.07, 6.45) is 2.23. The Kier molecular flexibility index (Phi) is 7.57. The molecular weight excluding hydrogens is 362 g/mol. The van der Waals surface area contributed by atoms with Gasteiger partial charge in [-0.15, -0.1) is 6.58 Å². The van der Waals surface area contributed by atoms with Crippen LogP contribution in [-0.2, 0) is 10.0 Å². The van der Waals surface area contributed by atoms with Crippen molar-refractivity contribution in [1.29, 1.82) is 0 Å². The largest absolute Gasteiger partial charge is 0.375 e. The van der Waals surface area contributed by atoms with E-state index in [1.54, 1.807) is 12.1 Å². The van der Waals surface area contributed by atoms with Crippen molar-refractivity contribution in [2.24, 2.45) is 0 Å². The lowest BCUT2D eigenvalue weighted by molar-refractivity contribution is 0.0953. The van der Waals surface area contributed by atoms with Gasteiger partial charge in [0.15, 0.2) is 0 Å². The third kappa shape index (κ3) is 6.23. The molecule has 2 aromatic carbocycles. The molecule has 0 aliphatic heterocycles. The van der Waals surface area contributed by atoms with Gasteiger partial charge in [-0.25, -0.2) is 13.1 Å². The van der Waals surface area contributed by atoms with Gasteiger partial charge in [0, 0.05) is 37.9 Å². The number of carbonyl (C=O) groups is 1.